The van der Waals surface area contributed by atoms with Crippen LogP contribution in [0.3, 0.4) is 0 Å². The molecule has 1 N–H and O–H groups in total. The molecule has 0 radical (unpaired) electrons. The Bertz CT molecular complexity index is 511. The number of anilines is 1. The summed E-state index contributed by atoms with van der Waals surface area (Å²) in [7, 11) is 1.82. The maximum Gasteiger partial charge on any atom is 0.150 e. The van der Waals surface area contributed by atoms with Gasteiger partial charge >= 0.3 is 0 Å². The van der Waals surface area contributed by atoms with Crippen molar-refractivity contribution in [3.05, 3.63) is 52.5 Å². The number of ether oxygens (including phenoxy) is 1. The van der Waals surface area contributed by atoms with Crippen molar-refractivity contribution in [1.82, 2.24) is 0 Å². The van der Waals surface area contributed by atoms with E-state index in [2.05, 4.69) is 5.32 Å². The number of nitrogens with one attached hydrogen (secondary N) is 1. The summed E-state index contributed by atoms with van der Waals surface area (Å²) in [5, 5.41) is 4.38. The molecule has 0 atom stereocenters. The van der Waals surface area contributed by atoms with E-state index in [1.165, 1.54) is 0 Å². The smallest absolute Gasteiger partial charge is 0.150 e. The average molecular weight is 268 g/mol. The molecule has 0 aromatic heterocycles. The van der Waals surface area contributed by atoms with Gasteiger partial charge in [0.15, 0.2) is 5.75 Å². The fourth-order valence-corrected chi connectivity index (χ4v) is 1.71. The SMILES string of the molecule is CNc1cc(Cl)ccc1Oc1ccc(Cl)cc1. The van der Waals surface area contributed by atoms with Crippen molar-refractivity contribution in [2.75, 3.05) is 12.4 Å². The van der Waals surface area contributed by atoms with Gasteiger partial charge < -0.3 is 10.1 Å². The lowest BCUT2D eigenvalue weighted by Crippen LogP contribution is -1.93. The van der Waals surface area contributed by atoms with Gasteiger partial charge in [-0.15, -0.1) is 0 Å². The summed E-state index contributed by atoms with van der Waals surface area (Å²) >= 11 is 11.7. The summed E-state index contributed by atoms with van der Waals surface area (Å²) in [5.74, 6) is 1.45. The minimum atomic E-state index is 0.665. The molecular formula is C13H11Cl2NO. The van der Waals surface area contributed by atoms with Crippen LogP contribution in [0.5, 0.6) is 11.5 Å². The molecule has 0 saturated heterocycles. The Labute approximate surface area is 110 Å². The highest BCUT2D eigenvalue weighted by atomic mass is 35.5. The number of benzene rings is 2. The molecule has 0 amide bonds. The van der Waals surface area contributed by atoms with Gasteiger partial charge in [0.25, 0.3) is 0 Å². The van der Waals surface area contributed by atoms with Crippen molar-refractivity contribution in [3.8, 4) is 11.5 Å². The number of hydrogen-bond donors (Lipinski definition) is 1. The third kappa shape index (κ3) is 3.05. The van der Waals surface area contributed by atoms with Crippen molar-refractivity contribution >= 4 is 28.9 Å². The summed E-state index contributed by atoms with van der Waals surface area (Å²) in [5.41, 5.74) is 0.840. The normalized spacial score (nSPS) is 10.1. The zero-order chi connectivity index (χ0) is 12.3. The van der Waals surface area contributed by atoms with Gasteiger partial charge in [0.2, 0.25) is 0 Å². The molecule has 2 rings (SSSR count). The Balaban J connectivity index is 2.26. The monoisotopic (exact) mass is 267 g/mol. The molecule has 0 fully saturated rings. The van der Waals surface area contributed by atoms with Crippen molar-refractivity contribution in [2.45, 2.75) is 0 Å². The van der Waals surface area contributed by atoms with E-state index < -0.39 is 0 Å². The fraction of sp³-hybridized carbons (Fsp3) is 0.0769. The first kappa shape index (κ1) is 12.1. The molecule has 0 aliphatic rings. The first-order chi connectivity index (χ1) is 8.19. The van der Waals surface area contributed by atoms with Gasteiger partial charge in [0.1, 0.15) is 5.75 Å². The average Bonchev–Trinajstić information content (AvgIpc) is 2.34. The molecule has 0 saturated carbocycles. The highest BCUT2D eigenvalue weighted by Gasteiger charge is 2.04. The molecule has 0 heterocycles. The first-order valence-corrected chi connectivity index (χ1v) is 5.85. The zero-order valence-corrected chi connectivity index (χ0v) is 10.7. The largest absolute Gasteiger partial charge is 0.455 e. The lowest BCUT2D eigenvalue weighted by Gasteiger charge is -2.11. The van der Waals surface area contributed by atoms with Crippen LogP contribution in [0, 0.1) is 0 Å². The Hall–Kier alpha value is -1.38. The molecule has 17 heavy (non-hydrogen) atoms. The molecule has 88 valence electrons. The van der Waals surface area contributed by atoms with Crippen LogP contribution in [0.1, 0.15) is 0 Å². The molecule has 0 spiro atoms. The van der Waals surface area contributed by atoms with Crippen LogP contribution < -0.4 is 10.1 Å². The molecular weight excluding hydrogens is 257 g/mol. The maximum atomic E-state index is 5.91. The van der Waals surface area contributed by atoms with E-state index in [9.17, 15) is 0 Å². The summed E-state index contributed by atoms with van der Waals surface area (Å²) < 4.78 is 5.73. The molecule has 0 aliphatic carbocycles. The third-order valence-corrected chi connectivity index (χ3v) is 2.74. The minimum Gasteiger partial charge on any atom is -0.455 e. The zero-order valence-electron chi connectivity index (χ0n) is 9.21. The van der Waals surface area contributed by atoms with Crippen molar-refractivity contribution in [1.29, 1.82) is 0 Å². The highest BCUT2D eigenvalue weighted by molar-refractivity contribution is 6.31. The van der Waals surface area contributed by atoms with Crippen molar-refractivity contribution in [3.63, 3.8) is 0 Å². The molecule has 4 heteroatoms. The van der Waals surface area contributed by atoms with Gasteiger partial charge in [-0.05, 0) is 42.5 Å². The highest BCUT2D eigenvalue weighted by Crippen LogP contribution is 2.31. The van der Waals surface area contributed by atoms with E-state index in [-0.39, 0.29) is 0 Å². The Morgan fingerprint density at radius 2 is 1.59 bits per heavy atom. The number of rotatable bonds is 3. The molecule has 0 unspecified atom stereocenters. The Morgan fingerprint density at radius 1 is 0.941 bits per heavy atom. The van der Waals surface area contributed by atoms with Crippen molar-refractivity contribution < 1.29 is 4.74 Å². The Kier molecular flexibility index (Phi) is 3.77. The quantitative estimate of drug-likeness (QED) is 0.861. The van der Waals surface area contributed by atoms with Gasteiger partial charge in [0.05, 0.1) is 5.69 Å². The predicted octanol–water partition coefficient (Wildman–Crippen LogP) is 4.83. The molecule has 2 aromatic carbocycles. The lowest BCUT2D eigenvalue weighted by atomic mass is 10.3. The van der Waals surface area contributed by atoms with Crippen LogP contribution in [-0.2, 0) is 0 Å². The summed E-state index contributed by atoms with van der Waals surface area (Å²) in [4.78, 5) is 0. The van der Waals surface area contributed by atoms with Gasteiger partial charge in [0, 0.05) is 17.1 Å². The number of halogens is 2. The molecule has 0 aliphatic heterocycles. The van der Waals surface area contributed by atoms with Crippen LogP contribution >= 0.6 is 23.2 Å². The van der Waals surface area contributed by atoms with E-state index in [4.69, 9.17) is 27.9 Å². The van der Waals surface area contributed by atoms with Crippen LogP contribution in [-0.4, -0.2) is 7.05 Å². The second kappa shape index (κ2) is 5.30. The summed E-state index contributed by atoms with van der Waals surface area (Å²) in [6, 6.07) is 12.6. The van der Waals surface area contributed by atoms with Crippen LogP contribution in [0.25, 0.3) is 0 Å². The minimum absolute atomic E-state index is 0.665. The summed E-state index contributed by atoms with van der Waals surface area (Å²) in [6.45, 7) is 0. The van der Waals surface area contributed by atoms with E-state index in [1.54, 1.807) is 18.2 Å². The van der Waals surface area contributed by atoms with E-state index in [1.807, 2.05) is 31.3 Å². The molecule has 0 bridgehead atoms. The number of hydrogen-bond acceptors (Lipinski definition) is 2. The van der Waals surface area contributed by atoms with E-state index in [0.717, 1.165) is 17.2 Å². The van der Waals surface area contributed by atoms with Gasteiger partial charge in [-0.1, -0.05) is 23.2 Å². The van der Waals surface area contributed by atoms with Gasteiger partial charge in [-0.2, -0.15) is 0 Å². The van der Waals surface area contributed by atoms with Gasteiger partial charge in [-0.3, -0.25) is 0 Å². The fourth-order valence-electron chi connectivity index (χ4n) is 1.42. The van der Waals surface area contributed by atoms with Crippen molar-refractivity contribution in [2.24, 2.45) is 0 Å². The van der Waals surface area contributed by atoms with Crippen LogP contribution in [0.2, 0.25) is 10.0 Å². The first-order valence-electron chi connectivity index (χ1n) is 5.10. The van der Waals surface area contributed by atoms with Crippen LogP contribution in [0.15, 0.2) is 42.5 Å². The second-order valence-electron chi connectivity index (χ2n) is 3.45. The predicted molar refractivity (Wildman–Crippen MR) is 72.5 cm³/mol. The lowest BCUT2D eigenvalue weighted by molar-refractivity contribution is 0.484. The van der Waals surface area contributed by atoms with E-state index >= 15 is 0 Å². The molecule has 2 aromatic rings. The second-order valence-corrected chi connectivity index (χ2v) is 4.32. The maximum absolute atomic E-state index is 5.91. The van der Waals surface area contributed by atoms with E-state index in [0.29, 0.717) is 10.0 Å². The summed E-state index contributed by atoms with van der Waals surface area (Å²) in [6.07, 6.45) is 0. The topological polar surface area (TPSA) is 21.3 Å². The van der Waals surface area contributed by atoms with Crippen LogP contribution in [0.4, 0.5) is 5.69 Å². The Morgan fingerprint density at radius 3 is 2.24 bits per heavy atom. The third-order valence-electron chi connectivity index (χ3n) is 2.25. The van der Waals surface area contributed by atoms with Gasteiger partial charge in [-0.25, -0.2) is 0 Å². The molecule has 2 nitrogen and oxygen atoms in total. The standard InChI is InChI=1S/C13H11Cl2NO/c1-16-12-8-10(15)4-7-13(12)17-11-5-2-9(14)3-6-11/h2-8,16H,1H3.